The predicted octanol–water partition coefficient (Wildman–Crippen LogP) is 7.39. The Morgan fingerprint density at radius 2 is 1.06 bits per heavy atom. The van der Waals surface area contributed by atoms with E-state index >= 15 is 0 Å². The van der Waals surface area contributed by atoms with E-state index in [1.54, 1.807) is 0 Å². The summed E-state index contributed by atoms with van der Waals surface area (Å²) in [7, 11) is 0. The van der Waals surface area contributed by atoms with Crippen LogP contribution in [0, 0.1) is 5.82 Å². The van der Waals surface area contributed by atoms with Crippen LogP contribution >= 0.6 is 0 Å². The van der Waals surface area contributed by atoms with E-state index in [4.69, 9.17) is 0 Å². The van der Waals surface area contributed by atoms with Crippen LogP contribution in [0.1, 0.15) is 24.5 Å². The number of benzene rings is 2. The molecule has 0 bridgehead atoms. The second-order valence-corrected chi connectivity index (χ2v) is 8.98. The molecule has 0 saturated heterocycles. The summed E-state index contributed by atoms with van der Waals surface area (Å²) in [6.45, 7) is 0. The summed E-state index contributed by atoms with van der Waals surface area (Å²) in [6.07, 6.45) is -10.8. The van der Waals surface area contributed by atoms with E-state index in [0.717, 1.165) is 45.5 Å². The lowest BCUT2D eigenvalue weighted by Crippen LogP contribution is -2.17. The summed E-state index contributed by atoms with van der Waals surface area (Å²) in [5, 5.41) is 13.7. The number of halogens is 11. The van der Waals surface area contributed by atoms with Crippen LogP contribution in [0.5, 0.6) is 11.5 Å². The molecule has 47 heavy (non-hydrogen) atoms. The van der Waals surface area contributed by atoms with Crippen molar-refractivity contribution >= 4 is 11.3 Å². The number of ether oxygens (including phenoxy) is 2. The topological polar surface area (TPSA) is 105 Å². The maximum atomic E-state index is 14.0. The summed E-state index contributed by atoms with van der Waals surface area (Å²) >= 11 is 0. The number of alkyl halides is 10. The number of nitrogens with zero attached hydrogens (tertiary/aromatic N) is 8. The smallest absolute Gasteiger partial charge is 0.406 e. The van der Waals surface area contributed by atoms with E-state index in [-0.39, 0.29) is 34.0 Å². The third-order valence-corrected chi connectivity index (χ3v) is 5.86. The van der Waals surface area contributed by atoms with Crippen LogP contribution in [0.2, 0.25) is 0 Å². The van der Waals surface area contributed by atoms with Crippen LogP contribution in [-0.4, -0.2) is 51.9 Å². The fourth-order valence-corrected chi connectivity index (χ4v) is 3.95. The maximum absolute atomic E-state index is 14.0. The highest BCUT2D eigenvalue weighted by atomic mass is 19.4. The zero-order valence-electron chi connectivity index (χ0n) is 22.6. The molecule has 0 aliphatic rings. The first-order chi connectivity index (χ1) is 22.1. The molecule has 6 aromatic rings. The molecular formula is C26H13F11N8O2. The van der Waals surface area contributed by atoms with Crippen molar-refractivity contribution in [3.63, 3.8) is 0 Å². The summed E-state index contributed by atoms with van der Waals surface area (Å²) in [5.41, 5.74) is 0.584. The lowest BCUT2D eigenvalue weighted by atomic mass is 10.1. The molecule has 21 heteroatoms. The van der Waals surface area contributed by atoms with Crippen LogP contribution in [0.3, 0.4) is 0 Å². The normalized spacial score (nSPS) is 12.1. The molecule has 4 aromatic heterocycles. The zero-order valence-corrected chi connectivity index (χ0v) is 22.6. The molecule has 2 aromatic carbocycles. The molecule has 0 spiro atoms. The molecule has 246 valence electrons. The molecule has 0 aliphatic carbocycles. The van der Waals surface area contributed by atoms with E-state index < -0.39 is 48.8 Å². The van der Waals surface area contributed by atoms with Crippen molar-refractivity contribution in [1.29, 1.82) is 0 Å². The Morgan fingerprint density at radius 1 is 0.596 bits per heavy atom. The van der Waals surface area contributed by atoms with Gasteiger partial charge in [-0.05, 0) is 36.4 Å². The second-order valence-electron chi connectivity index (χ2n) is 8.98. The number of fused-ring (bicyclic) bond motifs is 2. The van der Waals surface area contributed by atoms with Gasteiger partial charge < -0.3 is 9.47 Å². The first-order valence-electron chi connectivity index (χ1n) is 12.5. The summed E-state index contributed by atoms with van der Waals surface area (Å²) in [5.74, 6) is -3.40. The number of rotatable bonds is 6. The fraction of sp³-hybridized carbons (Fsp3) is 0.154. The van der Waals surface area contributed by atoms with Gasteiger partial charge in [0, 0.05) is 29.6 Å². The quantitative estimate of drug-likeness (QED) is 0.168. The number of hydrogen-bond acceptors (Lipinski definition) is 8. The minimum atomic E-state index is -4.96. The van der Waals surface area contributed by atoms with Crippen molar-refractivity contribution in [2.45, 2.75) is 25.6 Å². The highest BCUT2D eigenvalue weighted by Crippen LogP contribution is 2.30. The Labute approximate surface area is 253 Å². The van der Waals surface area contributed by atoms with Crippen molar-refractivity contribution < 1.29 is 57.8 Å². The first-order valence-corrected chi connectivity index (χ1v) is 12.5. The van der Waals surface area contributed by atoms with Gasteiger partial charge in [0.25, 0.3) is 12.9 Å². The van der Waals surface area contributed by atoms with Crippen LogP contribution < -0.4 is 9.47 Å². The number of aromatic nitrogens is 8. The Morgan fingerprint density at radius 3 is 1.55 bits per heavy atom. The zero-order chi connectivity index (χ0) is 34.1. The highest BCUT2D eigenvalue weighted by molar-refractivity contribution is 5.62. The molecule has 0 unspecified atom stereocenters. The van der Waals surface area contributed by atoms with E-state index in [1.807, 2.05) is 0 Å². The molecule has 0 aliphatic heterocycles. The molecule has 10 nitrogen and oxygen atoms in total. The minimum absolute atomic E-state index is 0.0199. The Bertz CT molecular complexity index is 2010. The molecular weight excluding hydrogens is 665 g/mol. The third kappa shape index (κ3) is 7.79. The van der Waals surface area contributed by atoms with E-state index in [1.165, 1.54) is 24.5 Å². The van der Waals surface area contributed by atoms with Crippen LogP contribution in [0.25, 0.3) is 33.8 Å². The standard InChI is InChI=1S/C13H6F6N4O.C13H7F5N4O/c14-8-3-6(24-13(17,18)19)1-2-7(8)9-5-23-10(4-20-9)21-22-12(23)11(15)16;14-11(15)12-21-20-10-5-19-9(6-22(10)12)7-1-3-8(4-2-7)23-13(16,17)18/h1-5,11H;1-6,11H. The Kier molecular flexibility index (Phi) is 8.81. The summed E-state index contributed by atoms with van der Waals surface area (Å²) < 4.78 is 147. The molecule has 0 amide bonds. The molecule has 0 N–H and O–H groups in total. The van der Waals surface area contributed by atoms with Crippen LogP contribution in [-0.2, 0) is 0 Å². The molecule has 6 rings (SSSR count). The second kappa shape index (κ2) is 12.6. The average Bonchev–Trinajstić information content (AvgIpc) is 3.60. The molecule has 0 radical (unpaired) electrons. The Hall–Kier alpha value is -5.63. The molecule has 4 heterocycles. The first kappa shape index (κ1) is 32.8. The van der Waals surface area contributed by atoms with Crippen molar-refractivity contribution in [2.24, 2.45) is 0 Å². The maximum Gasteiger partial charge on any atom is 0.573 e. The van der Waals surface area contributed by atoms with Crippen LogP contribution in [0.4, 0.5) is 48.3 Å². The fourth-order valence-electron chi connectivity index (χ4n) is 3.95. The third-order valence-electron chi connectivity index (χ3n) is 5.86. The SMILES string of the molecule is FC(F)c1nnc2cnc(-c3ccc(OC(F)(F)F)cc3)cn12.Fc1cc(OC(F)(F)F)ccc1-c1cn2c(C(F)F)nnc2cn1. The van der Waals surface area contributed by atoms with Crippen LogP contribution in [0.15, 0.2) is 67.3 Å². The van der Waals surface area contributed by atoms with Gasteiger partial charge in [0.1, 0.15) is 17.3 Å². The van der Waals surface area contributed by atoms with Gasteiger partial charge in [-0.2, -0.15) is 0 Å². The van der Waals surface area contributed by atoms with Crippen molar-refractivity contribution in [2.75, 3.05) is 0 Å². The van der Waals surface area contributed by atoms with Gasteiger partial charge in [-0.1, -0.05) is 0 Å². The largest absolute Gasteiger partial charge is 0.573 e. The highest BCUT2D eigenvalue weighted by Gasteiger charge is 2.32. The number of hydrogen-bond donors (Lipinski definition) is 0. The Balaban J connectivity index is 0.000000185. The van der Waals surface area contributed by atoms with Gasteiger partial charge in [-0.3, -0.25) is 18.8 Å². The van der Waals surface area contributed by atoms with Gasteiger partial charge >= 0.3 is 12.7 Å². The molecule has 0 saturated carbocycles. The van der Waals surface area contributed by atoms with E-state index in [2.05, 4.69) is 39.8 Å². The summed E-state index contributed by atoms with van der Waals surface area (Å²) in [6, 6.07) is 7.29. The van der Waals surface area contributed by atoms with E-state index in [0.29, 0.717) is 11.6 Å². The average molecular weight is 678 g/mol. The van der Waals surface area contributed by atoms with Crippen molar-refractivity contribution in [3.8, 4) is 34.0 Å². The predicted molar refractivity (Wildman–Crippen MR) is 136 cm³/mol. The van der Waals surface area contributed by atoms with E-state index in [9.17, 15) is 48.3 Å². The van der Waals surface area contributed by atoms with Crippen molar-refractivity contribution in [3.05, 3.63) is 84.7 Å². The van der Waals surface area contributed by atoms with Gasteiger partial charge in [-0.25, -0.2) is 22.0 Å². The minimum Gasteiger partial charge on any atom is -0.406 e. The van der Waals surface area contributed by atoms with Gasteiger partial charge in [0.2, 0.25) is 11.6 Å². The van der Waals surface area contributed by atoms with Gasteiger partial charge in [0.05, 0.1) is 23.8 Å². The summed E-state index contributed by atoms with van der Waals surface area (Å²) in [4.78, 5) is 7.87. The lowest BCUT2D eigenvalue weighted by Gasteiger charge is -2.10. The van der Waals surface area contributed by atoms with Crippen molar-refractivity contribution in [1.82, 2.24) is 39.2 Å². The lowest BCUT2D eigenvalue weighted by molar-refractivity contribution is -0.275. The van der Waals surface area contributed by atoms with Gasteiger partial charge in [-0.15, -0.1) is 46.7 Å². The monoisotopic (exact) mass is 678 g/mol. The van der Waals surface area contributed by atoms with Gasteiger partial charge in [0.15, 0.2) is 11.3 Å². The molecule has 0 fully saturated rings. The molecule has 0 atom stereocenters.